The van der Waals surface area contributed by atoms with Gasteiger partial charge in [0.15, 0.2) is 0 Å². The number of carbonyl (C=O) groups excluding carboxylic acids is 1. The minimum Gasteiger partial charge on any atom is -0.462 e. The standard InChI is InChI=1S/C16H23N3O2/c1-2-21-16(20)13-9-12(17)10-18-15(13)19-8-4-6-11-5-3-7-14(11)19/h9-11,14H,2-8,17H2,1H3. The van der Waals surface area contributed by atoms with Gasteiger partial charge in [-0.15, -0.1) is 0 Å². The molecule has 0 amide bonds. The Balaban J connectivity index is 1.95. The van der Waals surface area contributed by atoms with Crippen LogP contribution in [0.15, 0.2) is 12.3 Å². The van der Waals surface area contributed by atoms with E-state index in [-0.39, 0.29) is 5.97 Å². The van der Waals surface area contributed by atoms with Crippen molar-refractivity contribution in [3.63, 3.8) is 0 Å². The van der Waals surface area contributed by atoms with E-state index >= 15 is 0 Å². The van der Waals surface area contributed by atoms with E-state index in [1.807, 2.05) is 6.92 Å². The van der Waals surface area contributed by atoms with Crippen molar-refractivity contribution in [1.82, 2.24) is 4.98 Å². The van der Waals surface area contributed by atoms with E-state index in [1.165, 1.54) is 25.7 Å². The Morgan fingerprint density at radius 3 is 3.05 bits per heavy atom. The molecule has 0 bridgehead atoms. The minimum absolute atomic E-state index is 0.326. The molecule has 114 valence electrons. The first-order chi connectivity index (χ1) is 10.2. The third-order valence-electron chi connectivity index (χ3n) is 4.65. The fourth-order valence-corrected chi connectivity index (χ4v) is 3.78. The Bertz CT molecular complexity index is 532. The van der Waals surface area contributed by atoms with Gasteiger partial charge in [0.2, 0.25) is 0 Å². The molecule has 1 saturated heterocycles. The van der Waals surface area contributed by atoms with E-state index in [0.717, 1.165) is 24.7 Å². The van der Waals surface area contributed by atoms with Crippen molar-refractivity contribution in [2.75, 3.05) is 23.8 Å². The van der Waals surface area contributed by atoms with Crippen molar-refractivity contribution in [2.24, 2.45) is 5.92 Å². The first kappa shape index (κ1) is 14.2. The van der Waals surface area contributed by atoms with Gasteiger partial charge >= 0.3 is 5.97 Å². The van der Waals surface area contributed by atoms with Crippen molar-refractivity contribution >= 4 is 17.5 Å². The topological polar surface area (TPSA) is 68.5 Å². The lowest BCUT2D eigenvalue weighted by Gasteiger charge is -2.39. The van der Waals surface area contributed by atoms with Gasteiger partial charge in [-0.05, 0) is 44.6 Å². The molecular weight excluding hydrogens is 266 g/mol. The maximum absolute atomic E-state index is 12.2. The number of pyridine rings is 1. The largest absolute Gasteiger partial charge is 0.462 e. The summed E-state index contributed by atoms with van der Waals surface area (Å²) in [6.45, 7) is 3.13. The molecule has 1 saturated carbocycles. The number of esters is 1. The van der Waals surface area contributed by atoms with Crippen LogP contribution < -0.4 is 10.6 Å². The third kappa shape index (κ3) is 2.69. The maximum Gasteiger partial charge on any atom is 0.341 e. The van der Waals surface area contributed by atoms with Crippen molar-refractivity contribution < 1.29 is 9.53 Å². The summed E-state index contributed by atoms with van der Waals surface area (Å²) in [5.74, 6) is 1.17. The van der Waals surface area contributed by atoms with Gasteiger partial charge in [-0.2, -0.15) is 0 Å². The van der Waals surface area contributed by atoms with E-state index in [4.69, 9.17) is 10.5 Å². The number of nitrogens with two attached hydrogens (primary N) is 1. The Morgan fingerprint density at radius 1 is 1.43 bits per heavy atom. The SMILES string of the molecule is CCOC(=O)c1cc(N)cnc1N1CCCC2CCCC21. The number of anilines is 2. The van der Waals surface area contributed by atoms with Gasteiger partial charge in [-0.3, -0.25) is 0 Å². The van der Waals surface area contributed by atoms with Gasteiger partial charge in [-0.1, -0.05) is 6.42 Å². The fourth-order valence-electron chi connectivity index (χ4n) is 3.78. The number of fused-ring (bicyclic) bond motifs is 1. The molecule has 2 unspecified atom stereocenters. The normalized spacial score (nSPS) is 24.7. The smallest absolute Gasteiger partial charge is 0.341 e. The lowest BCUT2D eigenvalue weighted by atomic mass is 9.91. The highest BCUT2D eigenvalue weighted by atomic mass is 16.5. The fraction of sp³-hybridized carbons (Fsp3) is 0.625. The third-order valence-corrected chi connectivity index (χ3v) is 4.65. The summed E-state index contributed by atoms with van der Waals surface area (Å²) < 4.78 is 5.16. The van der Waals surface area contributed by atoms with Crippen LogP contribution in [0.4, 0.5) is 11.5 Å². The zero-order valence-electron chi connectivity index (χ0n) is 12.5. The monoisotopic (exact) mass is 289 g/mol. The highest BCUT2D eigenvalue weighted by molar-refractivity contribution is 5.95. The zero-order chi connectivity index (χ0) is 14.8. The van der Waals surface area contributed by atoms with E-state index < -0.39 is 0 Å². The van der Waals surface area contributed by atoms with Crippen LogP contribution in [0, 0.1) is 5.92 Å². The highest BCUT2D eigenvalue weighted by Crippen LogP contribution is 2.39. The Labute approximate surface area is 125 Å². The Morgan fingerprint density at radius 2 is 2.24 bits per heavy atom. The summed E-state index contributed by atoms with van der Waals surface area (Å²) >= 11 is 0. The lowest BCUT2D eigenvalue weighted by molar-refractivity contribution is 0.0526. The summed E-state index contributed by atoms with van der Waals surface area (Å²) in [5, 5.41) is 0. The molecule has 0 spiro atoms. The van der Waals surface area contributed by atoms with Gasteiger partial charge in [0.25, 0.3) is 0 Å². The number of hydrogen-bond donors (Lipinski definition) is 1. The molecule has 3 rings (SSSR count). The van der Waals surface area contributed by atoms with Crippen molar-refractivity contribution in [1.29, 1.82) is 0 Å². The van der Waals surface area contributed by atoms with Crippen molar-refractivity contribution in [2.45, 2.75) is 45.1 Å². The molecular formula is C16H23N3O2. The number of piperidine rings is 1. The molecule has 0 aromatic carbocycles. The summed E-state index contributed by atoms with van der Waals surface area (Å²) in [7, 11) is 0. The van der Waals surface area contributed by atoms with Gasteiger partial charge in [-0.25, -0.2) is 9.78 Å². The van der Waals surface area contributed by atoms with Crippen LogP contribution >= 0.6 is 0 Å². The zero-order valence-corrected chi connectivity index (χ0v) is 12.5. The average Bonchev–Trinajstić information content (AvgIpc) is 2.96. The molecule has 1 aliphatic carbocycles. The van der Waals surface area contributed by atoms with Crippen LogP contribution in [0.2, 0.25) is 0 Å². The second-order valence-corrected chi connectivity index (χ2v) is 5.95. The molecule has 1 aliphatic heterocycles. The van der Waals surface area contributed by atoms with Gasteiger partial charge < -0.3 is 15.4 Å². The Hall–Kier alpha value is -1.78. The summed E-state index contributed by atoms with van der Waals surface area (Å²) in [4.78, 5) is 19.0. The number of ether oxygens (including phenoxy) is 1. The average molecular weight is 289 g/mol. The molecule has 2 fully saturated rings. The van der Waals surface area contributed by atoms with E-state index in [0.29, 0.717) is 23.9 Å². The van der Waals surface area contributed by atoms with Crippen LogP contribution in [0.5, 0.6) is 0 Å². The number of carbonyl (C=O) groups is 1. The Kier molecular flexibility index (Phi) is 3.99. The second kappa shape index (κ2) is 5.92. The number of hydrogen-bond acceptors (Lipinski definition) is 5. The van der Waals surface area contributed by atoms with E-state index in [1.54, 1.807) is 12.3 Å². The van der Waals surface area contributed by atoms with E-state index in [2.05, 4.69) is 9.88 Å². The summed E-state index contributed by atoms with van der Waals surface area (Å²) in [6, 6.07) is 2.21. The minimum atomic E-state index is -0.326. The molecule has 2 aliphatic rings. The molecule has 5 nitrogen and oxygen atoms in total. The molecule has 1 aromatic rings. The maximum atomic E-state index is 12.2. The number of nitrogens with zero attached hydrogens (tertiary/aromatic N) is 2. The number of nitrogen functional groups attached to an aromatic ring is 1. The van der Waals surface area contributed by atoms with Crippen LogP contribution in [-0.2, 0) is 4.74 Å². The van der Waals surface area contributed by atoms with Gasteiger partial charge in [0.05, 0.1) is 18.5 Å². The van der Waals surface area contributed by atoms with Crippen LogP contribution in [-0.4, -0.2) is 30.1 Å². The molecule has 0 radical (unpaired) electrons. The highest BCUT2D eigenvalue weighted by Gasteiger charge is 2.37. The van der Waals surface area contributed by atoms with E-state index in [9.17, 15) is 4.79 Å². The number of rotatable bonds is 3. The summed E-state index contributed by atoms with van der Waals surface area (Å²) in [5.41, 5.74) is 6.81. The molecule has 21 heavy (non-hydrogen) atoms. The quantitative estimate of drug-likeness (QED) is 0.866. The molecule has 2 heterocycles. The van der Waals surface area contributed by atoms with Gasteiger partial charge in [0.1, 0.15) is 11.4 Å². The van der Waals surface area contributed by atoms with Crippen molar-refractivity contribution in [3.8, 4) is 0 Å². The van der Waals surface area contributed by atoms with Gasteiger partial charge in [0, 0.05) is 12.6 Å². The molecule has 5 heteroatoms. The van der Waals surface area contributed by atoms with Crippen molar-refractivity contribution in [3.05, 3.63) is 17.8 Å². The summed E-state index contributed by atoms with van der Waals surface area (Å²) in [6.07, 6.45) is 7.86. The second-order valence-electron chi connectivity index (χ2n) is 5.95. The van der Waals surface area contributed by atoms with Crippen LogP contribution in [0.3, 0.4) is 0 Å². The first-order valence-electron chi connectivity index (χ1n) is 7.90. The predicted molar refractivity (Wildman–Crippen MR) is 82.3 cm³/mol. The molecule has 2 N–H and O–H groups in total. The van der Waals surface area contributed by atoms with Crippen LogP contribution in [0.25, 0.3) is 0 Å². The predicted octanol–water partition coefficient (Wildman–Crippen LogP) is 2.61. The van der Waals surface area contributed by atoms with Crippen LogP contribution in [0.1, 0.15) is 49.4 Å². The number of aromatic nitrogens is 1. The molecule has 2 atom stereocenters. The first-order valence-corrected chi connectivity index (χ1v) is 7.90. The lowest BCUT2D eigenvalue weighted by Crippen LogP contribution is -2.43. The molecule has 1 aromatic heterocycles.